The van der Waals surface area contributed by atoms with E-state index in [-0.39, 0.29) is 23.8 Å². The summed E-state index contributed by atoms with van der Waals surface area (Å²) in [6.45, 7) is 3.28. The quantitative estimate of drug-likeness (QED) is 0.240. The van der Waals surface area contributed by atoms with Crippen molar-refractivity contribution in [3.63, 3.8) is 0 Å². The SMILES string of the molecule is COC(=O)COc1ccc(/C=N\NC(=O)[C@H](NC(=O)c2cccc([N+](=O)[O-])c2)C(C)C)cc1. The van der Waals surface area contributed by atoms with Crippen LogP contribution in [0.15, 0.2) is 53.6 Å². The maximum atomic E-state index is 12.5. The number of ether oxygens (including phenoxy) is 2. The van der Waals surface area contributed by atoms with Gasteiger partial charge in [-0.15, -0.1) is 0 Å². The summed E-state index contributed by atoms with van der Waals surface area (Å²) in [7, 11) is 1.27. The van der Waals surface area contributed by atoms with Crippen LogP contribution in [0.25, 0.3) is 0 Å². The van der Waals surface area contributed by atoms with E-state index in [1.54, 1.807) is 38.1 Å². The van der Waals surface area contributed by atoms with Crippen molar-refractivity contribution in [3.05, 3.63) is 69.8 Å². The second kappa shape index (κ2) is 11.9. The molecule has 2 aromatic rings. The topological polar surface area (TPSA) is 149 Å². The number of methoxy groups -OCH3 is 1. The minimum absolute atomic E-state index is 0.0701. The van der Waals surface area contributed by atoms with Crippen molar-refractivity contribution in [2.24, 2.45) is 11.0 Å². The average molecular weight is 456 g/mol. The van der Waals surface area contributed by atoms with E-state index in [2.05, 4.69) is 20.6 Å². The van der Waals surface area contributed by atoms with Crippen LogP contribution in [0.3, 0.4) is 0 Å². The summed E-state index contributed by atoms with van der Waals surface area (Å²) in [6.07, 6.45) is 1.40. The highest BCUT2D eigenvalue weighted by Gasteiger charge is 2.25. The molecule has 0 radical (unpaired) electrons. The van der Waals surface area contributed by atoms with Crippen LogP contribution in [-0.4, -0.2) is 48.7 Å². The Hall–Kier alpha value is -4.28. The van der Waals surface area contributed by atoms with E-state index >= 15 is 0 Å². The Kier molecular flexibility index (Phi) is 9.04. The number of nitrogens with one attached hydrogen (secondary N) is 2. The number of nitro benzene ring substituents is 1. The third-order valence-electron chi connectivity index (χ3n) is 4.41. The standard InChI is InChI=1S/C22H24N4O7/c1-14(2)20(24-21(28)16-5-4-6-17(11-16)26(30)31)22(29)25-23-12-15-7-9-18(10-8-15)33-13-19(27)32-3/h4-12,14,20H,13H2,1-3H3,(H,24,28)(H,25,29)/b23-12-/t20-/m1/s1. The van der Waals surface area contributed by atoms with Crippen molar-refractivity contribution in [1.82, 2.24) is 10.7 Å². The maximum Gasteiger partial charge on any atom is 0.343 e. The lowest BCUT2D eigenvalue weighted by Crippen LogP contribution is -2.48. The van der Waals surface area contributed by atoms with Gasteiger partial charge in [-0.05, 0) is 41.8 Å². The Morgan fingerprint density at radius 1 is 1.15 bits per heavy atom. The van der Waals surface area contributed by atoms with E-state index in [0.29, 0.717) is 11.3 Å². The number of nitrogens with zero attached hydrogens (tertiary/aromatic N) is 2. The summed E-state index contributed by atoms with van der Waals surface area (Å²) in [6, 6.07) is 10.9. The predicted octanol–water partition coefficient (Wildman–Crippen LogP) is 2.05. The normalized spacial score (nSPS) is 11.6. The summed E-state index contributed by atoms with van der Waals surface area (Å²) in [4.78, 5) is 46.4. The molecule has 0 bridgehead atoms. The lowest BCUT2D eigenvalue weighted by Gasteiger charge is -2.20. The smallest absolute Gasteiger partial charge is 0.343 e. The molecule has 2 amide bonds. The lowest BCUT2D eigenvalue weighted by atomic mass is 10.0. The summed E-state index contributed by atoms with van der Waals surface area (Å²) in [5.74, 6) is -1.46. The number of carbonyl (C=O) groups is 3. The summed E-state index contributed by atoms with van der Waals surface area (Å²) in [5, 5.41) is 17.4. The first-order valence-electron chi connectivity index (χ1n) is 9.89. The molecule has 2 aromatic carbocycles. The number of hydrazone groups is 1. The molecule has 0 aromatic heterocycles. The van der Waals surface area contributed by atoms with Gasteiger partial charge in [-0.2, -0.15) is 5.10 Å². The Morgan fingerprint density at radius 2 is 1.85 bits per heavy atom. The minimum Gasteiger partial charge on any atom is -0.482 e. The molecule has 0 aliphatic rings. The fourth-order valence-electron chi connectivity index (χ4n) is 2.61. The molecule has 0 fully saturated rings. The number of nitro groups is 1. The highest BCUT2D eigenvalue weighted by molar-refractivity contribution is 5.98. The summed E-state index contributed by atoms with van der Waals surface area (Å²) >= 11 is 0. The zero-order valence-electron chi connectivity index (χ0n) is 18.3. The predicted molar refractivity (Wildman–Crippen MR) is 119 cm³/mol. The van der Waals surface area contributed by atoms with E-state index in [1.807, 2.05) is 0 Å². The first kappa shape index (κ1) is 25.0. The van der Waals surface area contributed by atoms with E-state index in [9.17, 15) is 24.5 Å². The highest BCUT2D eigenvalue weighted by Crippen LogP contribution is 2.14. The molecule has 11 heteroatoms. The second-order valence-electron chi connectivity index (χ2n) is 7.17. The Balaban J connectivity index is 1.96. The third kappa shape index (κ3) is 7.73. The van der Waals surface area contributed by atoms with Crippen molar-refractivity contribution < 1.29 is 28.8 Å². The van der Waals surface area contributed by atoms with Crippen molar-refractivity contribution in [1.29, 1.82) is 0 Å². The monoisotopic (exact) mass is 456 g/mol. The summed E-state index contributed by atoms with van der Waals surface area (Å²) in [5.41, 5.74) is 2.88. The molecular weight excluding hydrogens is 432 g/mol. The molecule has 0 saturated heterocycles. The van der Waals surface area contributed by atoms with Crippen LogP contribution in [-0.2, 0) is 14.3 Å². The number of benzene rings is 2. The van der Waals surface area contributed by atoms with Gasteiger partial charge in [-0.25, -0.2) is 10.2 Å². The van der Waals surface area contributed by atoms with E-state index in [4.69, 9.17) is 4.74 Å². The number of hydrogen-bond acceptors (Lipinski definition) is 8. The molecule has 0 unspecified atom stereocenters. The molecular formula is C22H24N4O7. The van der Waals surface area contributed by atoms with Gasteiger partial charge in [0.05, 0.1) is 18.2 Å². The zero-order valence-corrected chi connectivity index (χ0v) is 18.3. The van der Waals surface area contributed by atoms with Crippen LogP contribution >= 0.6 is 0 Å². The first-order valence-corrected chi connectivity index (χ1v) is 9.89. The molecule has 33 heavy (non-hydrogen) atoms. The van der Waals surface area contributed by atoms with Crippen LogP contribution in [0.1, 0.15) is 29.8 Å². The van der Waals surface area contributed by atoms with Gasteiger partial charge in [0.15, 0.2) is 6.61 Å². The van der Waals surface area contributed by atoms with Crippen molar-refractivity contribution in [3.8, 4) is 5.75 Å². The molecule has 2 rings (SSSR count). The van der Waals surface area contributed by atoms with Gasteiger partial charge in [0.2, 0.25) is 0 Å². The van der Waals surface area contributed by atoms with Gasteiger partial charge in [0, 0.05) is 17.7 Å². The van der Waals surface area contributed by atoms with Gasteiger partial charge < -0.3 is 14.8 Å². The number of hydrogen-bond donors (Lipinski definition) is 2. The highest BCUT2D eigenvalue weighted by atomic mass is 16.6. The Bertz CT molecular complexity index is 1040. The zero-order chi connectivity index (χ0) is 24.4. The van der Waals surface area contributed by atoms with Crippen LogP contribution in [0.5, 0.6) is 5.75 Å². The van der Waals surface area contributed by atoms with Crippen LogP contribution in [0, 0.1) is 16.0 Å². The molecule has 0 heterocycles. The van der Waals surface area contributed by atoms with Crippen LogP contribution < -0.4 is 15.5 Å². The molecule has 0 aliphatic carbocycles. The molecule has 0 saturated carbocycles. The first-order chi connectivity index (χ1) is 15.7. The van der Waals surface area contributed by atoms with Gasteiger partial charge in [-0.1, -0.05) is 19.9 Å². The van der Waals surface area contributed by atoms with Crippen molar-refractivity contribution in [2.45, 2.75) is 19.9 Å². The molecule has 174 valence electrons. The minimum atomic E-state index is -0.914. The van der Waals surface area contributed by atoms with E-state index in [0.717, 1.165) is 6.07 Å². The molecule has 1 atom stereocenters. The van der Waals surface area contributed by atoms with Gasteiger partial charge >= 0.3 is 5.97 Å². The van der Waals surface area contributed by atoms with Gasteiger partial charge in [-0.3, -0.25) is 19.7 Å². The van der Waals surface area contributed by atoms with Crippen LogP contribution in [0.2, 0.25) is 0 Å². The van der Waals surface area contributed by atoms with Crippen molar-refractivity contribution >= 4 is 29.7 Å². The fourth-order valence-corrected chi connectivity index (χ4v) is 2.61. The fraction of sp³-hybridized carbons (Fsp3) is 0.273. The maximum absolute atomic E-state index is 12.5. The Morgan fingerprint density at radius 3 is 2.45 bits per heavy atom. The van der Waals surface area contributed by atoms with Crippen LogP contribution in [0.4, 0.5) is 5.69 Å². The lowest BCUT2D eigenvalue weighted by molar-refractivity contribution is -0.384. The second-order valence-corrected chi connectivity index (χ2v) is 7.17. The van der Waals surface area contributed by atoms with E-state index in [1.165, 1.54) is 31.5 Å². The summed E-state index contributed by atoms with van der Waals surface area (Å²) < 4.78 is 9.73. The van der Waals surface area contributed by atoms with Gasteiger partial charge in [0.1, 0.15) is 11.8 Å². The average Bonchev–Trinajstić information content (AvgIpc) is 2.81. The number of carbonyl (C=O) groups excluding carboxylic acids is 3. The van der Waals surface area contributed by atoms with Crippen molar-refractivity contribution in [2.75, 3.05) is 13.7 Å². The molecule has 11 nitrogen and oxygen atoms in total. The third-order valence-corrected chi connectivity index (χ3v) is 4.41. The number of esters is 1. The van der Waals surface area contributed by atoms with Gasteiger partial charge in [0.25, 0.3) is 17.5 Å². The van der Waals surface area contributed by atoms with E-state index < -0.39 is 28.7 Å². The Labute approximate surface area is 189 Å². The molecule has 2 N–H and O–H groups in total. The number of rotatable bonds is 10. The molecule has 0 spiro atoms. The molecule has 0 aliphatic heterocycles. The number of amides is 2. The largest absolute Gasteiger partial charge is 0.482 e. The number of non-ortho nitro benzene ring substituents is 1.